The van der Waals surface area contributed by atoms with E-state index in [1.54, 1.807) is 18.2 Å². The van der Waals surface area contributed by atoms with Crippen LogP contribution in [0.25, 0.3) is 0 Å². The molecule has 0 radical (unpaired) electrons. The number of hydrogen-bond donors (Lipinski definition) is 3. The molecule has 0 bridgehead atoms. The van der Waals surface area contributed by atoms with Crippen molar-refractivity contribution in [3.8, 4) is 5.75 Å². The Morgan fingerprint density at radius 3 is 2.67 bits per heavy atom. The van der Waals surface area contributed by atoms with Crippen LogP contribution in [0.1, 0.15) is 64.0 Å². The highest BCUT2D eigenvalue weighted by molar-refractivity contribution is 6.06. The number of para-hydroxylation sites is 1. The summed E-state index contributed by atoms with van der Waals surface area (Å²) in [7, 11) is 0. The summed E-state index contributed by atoms with van der Waals surface area (Å²) in [5, 5.41) is 11.0. The first-order valence-corrected chi connectivity index (χ1v) is 11.9. The van der Waals surface area contributed by atoms with E-state index in [-0.39, 0.29) is 11.7 Å². The summed E-state index contributed by atoms with van der Waals surface area (Å²) in [5.74, 6) is 0.357. The van der Waals surface area contributed by atoms with Gasteiger partial charge in [-0.2, -0.15) is 0 Å². The number of ether oxygens (including phenoxy) is 1. The number of nitrogens with two attached hydrogens (primary N) is 1. The number of amides is 1. The summed E-state index contributed by atoms with van der Waals surface area (Å²) in [5.41, 5.74) is 7.34. The van der Waals surface area contributed by atoms with Crippen LogP contribution in [-0.2, 0) is 10.4 Å². The lowest BCUT2D eigenvalue weighted by molar-refractivity contribution is -0.129. The predicted octanol–water partition coefficient (Wildman–Crippen LogP) is 5.32. The first-order chi connectivity index (χ1) is 15.9. The largest absolute Gasteiger partial charge is 0.466 e. The van der Waals surface area contributed by atoms with E-state index in [1.165, 1.54) is 6.42 Å². The van der Waals surface area contributed by atoms with Gasteiger partial charge in [0.15, 0.2) is 0 Å². The number of piperidine rings is 1. The van der Waals surface area contributed by atoms with Gasteiger partial charge >= 0.3 is 0 Å². The van der Waals surface area contributed by atoms with Gasteiger partial charge in [-0.1, -0.05) is 43.7 Å². The molecule has 1 amide bonds. The average molecular weight is 447 g/mol. The molecule has 6 nitrogen and oxygen atoms in total. The van der Waals surface area contributed by atoms with Crippen molar-refractivity contribution in [2.24, 2.45) is 5.73 Å². The highest BCUT2D eigenvalue weighted by Gasteiger charge is 2.45. The predicted molar refractivity (Wildman–Crippen MR) is 134 cm³/mol. The van der Waals surface area contributed by atoms with E-state index >= 15 is 0 Å². The van der Waals surface area contributed by atoms with Gasteiger partial charge in [0.25, 0.3) is 5.91 Å². The Morgan fingerprint density at radius 1 is 1.24 bits per heavy atom. The van der Waals surface area contributed by atoms with Crippen molar-refractivity contribution in [2.45, 2.75) is 70.6 Å². The summed E-state index contributed by atoms with van der Waals surface area (Å²) in [6.45, 7) is 6.58. The van der Waals surface area contributed by atoms with Crippen molar-refractivity contribution in [1.29, 1.82) is 5.41 Å². The number of nitrogens with one attached hydrogen (secondary N) is 2. The molecule has 2 aromatic rings. The second kappa shape index (κ2) is 9.30. The standard InChI is InChI=1S/C27H34N4O2/c1-4-5-6-16-27(21-13-8-12-20(17-21)25(28)29)26(32)30-24-22(14-9-15-23(24)33-27)31-18(2)10-7-11-19(31)3/h6,8-9,12-19H,4-5,7,10-11H2,1-3H3,(H3,28,29)(H,30,32)/b16-6+/t18-,19+,27?. The fourth-order valence-electron chi connectivity index (χ4n) is 5.00. The number of anilines is 2. The maximum atomic E-state index is 13.8. The van der Waals surface area contributed by atoms with Gasteiger partial charge in [-0.3, -0.25) is 10.2 Å². The average Bonchev–Trinajstić information content (AvgIpc) is 2.80. The molecule has 0 aliphatic carbocycles. The first-order valence-electron chi connectivity index (χ1n) is 11.9. The lowest BCUT2D eigenvalue weighted by Gasteiger charge is -2.43. The van der Waals surface area contributed by atoms with Crippen LogP contribution in [0.5, 0.6) is 5.75 Å². The van der Waals surface area contributed by atoms with E-state index in [0.717, 1.165) is 37.1 Å². The zero-order valence-electron chi connectivity index (χ0n) is 19.7. The van der Waals surface area contributed by atoms with E-state index in [2.05, 4.69) is 37.1 Å². The van der Waals surface area contributed by atoms with Crippen LogP contribution >= 0.6 is 0 Å². The molecule has 6 heteroatoms. The van der Waals surface area contributed by atoms with Crippen LogP contribution in [-0.4, -0.2) is 23.8 Å². The summed E-state index contributed by atoms with van der Waals surface area (Å²) >= 11 is 0. The normalized spacial score (nSPS) is 24.8. The van der Waals surface area contributed by atoms with Crippen LogP contribution in [0.15, 0.2) is 54.6 Å². The van der Waals surface area contributed by atoms with E-state index in [1.807, 2.05) is 30.4 Å². The van der Waals surface area contributed by atoms with Crippen molar-refractivity contribution < 1.29 is 9.53 Å². The molecular formula is C27H34N4O2. The maximum absolute atomic E-state index is 13.8. The molecule has 1 saturated heterocycles. The van der Waals surface area contributed by atoms with Crippen LogP contribution in [0, 0.1) is 5.41 Å². The van der Waals surface area contributed by atoms with Crippen LogP contribution < -0.4 is 20.7 Å². The van der Waals surface area contributed by atoms with Gasteiger partial charge in [0.05, 0.1) is 5.69 Å². The number of amidine groups is 1. The molecule has 0 aromatic heterocycles. The number of fused-ring (bicyclic) bond motifs is 1. The SMILES string of the molecule is CCC/C=C/C1(c2cccc(C(=N)N)c2)Oc2cccc(N3[C@H](C)CCC[C@@H]3C)c2NC1=O. The monoisotopic (exact) mass is 446 g/mol. The minimum atomic E-state index is -1.33. The van der Waals surface area contributed by atoms with Crippen molar-refractivity contribution in [3.05, 3.63) is 65.7 Å². The first kappa shape index (κ1) is 22.9. The number of benzene rings is 2. The molecular weight excluding hydrogens is 412 g/mol. The maximum Gasteiger partial charge on any atom is 0.277 e. The van der Waals surface area contributed by atoms with Gasteiger partial charge < -0.3 is 20.7 Å². The Morgan fingerprint density at radius 2 is 1.97 bits per heavy atom. The molecule has 2 aliphatic rings. The summed E-state index contributed by atoms with van der Waals surface area (Å²) in [6, 6.07) is 13.9. The molecule has 0 spiro atoms. The molecule has 2 heterocycles. The Hall–Kier alpha value is -3.28. The van der Waals surface area contributed by atoms with Crippen molar-refractivity contribution in [3.63, 3.8) is 0 Å². The number of nitrogen functional groups attached to an aromatic ring is 1. The minimum absolute atomic E-state index is 0.0449. The van der Waals surface area contributed by atoms with Crippen LogP contribution in [0.4, 0.5) is 11.4 Å². The summed E-state index contributed by atoms with van der Waals surface area (Å²) in [4.78, 5) is 16.2. The fourth-order valence-corrected chi connectivity index (χ4v) is 5.00. The van der Waals surface area contributed by atoms with Crippen LogP contribution in [0.2, 0.25) is 0 Å². The number of carbonyl (C=O) groups excluding carboxylic acids is 1. The zero-order valence-corrected chi connectivity index (χ0v) is 19.7. The van der Waals surface area contributed by atoms with Gasteiger partial charge in [-0.05, 0) is 63.8 Å². The van der Waals surface area contributed by atoms with E-state index < -0.39 is 5.60 Å². The zero-order chi connectivity index (χ0) is 23.6. The molecule has 33 heavy (non-hydrogen) atoms. The van der Waals surface area contributed by atoms with Crippen molar-refractivity contribution in [1.82, 2.24) is 0 Å². The molecule has 3 atom stereocenters. The quantitative estimate of drug-likeness (QED) is 0.318. The lowest BCUT2D eigenvalue weighted by atomic mass is 9.88. The Balaban J connectivity index is 1.81. The van der Waals surface area contributed by atoms with Crippen molar-refractivity contribution >= 4 is 23.1 Å². The molecule has 174 valence electrons. The number of unbranched alkanes of at least 4 members (excludes halogenated alkanes) is 1. The molecule has 2 aliphatic heterocycles. The van der Waals surface area contributed by atoms with E-state index in [0.29, 0.717) is 29.0 Å². The fraction of sp³-hybridized carbons (Fsp3) is 0.407. The topological polar surface area (TPSA) is 91.4 Å². The van der Waals surface area contributed by atoms with Gasteiger partial charge in [-0.15, -0.1) is 0 Å². The molecule has 4 rings (SSSR count). The number of rotatable bonds is 6. The summed E-state index contributed by atoms with van der Waals surface area (Å²) in [6.07, 6.45) is 9.10. The third-order valence-electron chi connectivity index (χ3n) is 6.73. The molecule has 1 fully saturated rings. The number of allylic oxidation sites excluding steroid dienone is 1. The van der Waals surface area contributed by atoms with Crippen molar-refractivity contribution in [2.75, 3.05) is 10.2 Å². The Kier molecular flexibility index (Phi) is 6.45. The van der Waals surface area contributed by atoms with Crippen LogP contribution in [0.3, 0.4) is 0 Å². The number of carbonyl (C=O) groups is 1. The second-order valence-electron chi connectivity index (χ2n) is 9.16. The number of hydrogen-bond acceptors (Lipinski definition) is 4. The van der Waals surface area contributed by atoms with Gasteiger partial charge in [-0.25, -0.2) is 0 Å². The third-order valence-corrected chi connectivity index (χ3v) is 6.73. The highest BCUT2D eigenvalue weighted by atomic mass is 16.5. The van der Waals surface area contributed by atoms with E-state index in [9.17, 15) is 4.79 Å². The number of nitrogens with zero attached hydrogens (tertiary/aromatic N) is 1. The Bertz CT molecular complexity index is 1070. The highest BCUT2D eigenvalue weighted by Crippen LogP contribution is 2.46. The summed E-state index contributed by atoms with van der Waals surface area (Å²) < 4.78 is 6.56. The van der Waals surface area contributed by atoms with Gasteiger partial charge in [0.2, 0.25) is 5.60 Å². The Labute approximate surface area is 196 Å². The molecule has 0 saturated carbocycles. The smallest absolute Gasteiger partial charge is 0.277 e. The molecule has 4 N–H and O–H groups in total. The van der Waals surface area contributed by atoms with E-state index in [4.69, 9.17) is 15.9 Å². The second-order valence-corrected chi connectivity index (χ2v) is 9.16. The molecule has 2 aromatic carbocycles. The molecule has 1 unspecified atom stereocenters. The minimum Gasteiger partial charge on any atom is -0.466 e. The van der Waals surface area contributed by atoms with Gasteiger partial charge in [0.1, 0.15) is 17.3 Å². The lowest BCUT2D eigenvalue weighted by Crippen LogP contribution is -2.48. The van der Waals surface area contributed by atoms with Gasteiger partial charge in [0, 0.05) is 23.2 Å². The third kappa shape index (κ3) is 4.22.